The van der Waals surface area contributed by atoms with E-state index in [2.05, 4.69) is 77.8 Å². The van der Waals surface area contributed by atoms with E-state index in [1.165, 1.54) is 5.39 Å². The van der Waals surface area contributed by atoms with Crippen LogP contribution in [0.25, 0.3) is 89.4 Å². The summed E-state index contributed by atoms with van der Waals surface area (Å²) in [5, 5.41) is 3.14. The fourth-order valence-electron chi connectivity index (χ4n) is 6.02. The van der Waals surface area contributed by atoms with Gasteiger partial charge >= 0.3 is 0 Å². The summed E-state index contributed by atoms with van der Waals surface area (Å²) in [4.78, 5) is 24.3. The van der Waals surface area contributed by atoms with Crippen molar-refractivity contribution in [3.05, 3.63) is 152 Å². The zero-order chi connectivity index (χ0) is 31.2. The third-order valence-corrected chi connectivity index (χ3v) is 8.42. The van der Waals surface area contributed by atoms with Crippen LogP contribution < -0.4 is 0 Å². The number of rotatable bonds is 5. The summed E-state index contributed by atoms with van der Waals surface area (Å²) in [6.07, 6.45) is 3.63. The van der Waals surface area contributed by atoms with Crippen molar-refractivity contribution >= 4 is 33.0 Å². The number of fused-ring (bicyclic) bond motifs is 4. The summed E-state index contributed by atoms with van der Waals surface area (Å²) in [7, 11) is 0. The first-order valence-electron chi connectivity index (χ1n) is 15.4. The van der Waals surface area contributed by atoms with E-state index in [0.29, 0.717) is 22.8 Å². The van der Waals surface area contributed by atoms with Crippen LogP contribution in [-0.4, -0.2) is 24.9 Å². The molecule has 0 aliphatic heterocycles. The Morgan fingerprint density at radius 2 is 1.19 bits per heavy atom. The Bertz CT molecular complexity index is 2560. The van der Waals surface area contributed by atoms with Crippen LogP contribution in [0.5, 0.6) is 0 Å². The van der Waals surface area contributed by atoms with E-state index in [4.69, 9.17) is 24.4 Å². The molecule has 0 bridgehead atoms. The SMILES string of the molecule is c1ccc(-c2cnc3oc4c(-c5ccc(-c6cccc(-c7ccccn7)n6)cc5)nc(-c5ccc6ccccc6c5)nc4c3c2)cc1. The predicted octanol–water partition coefficient (Wildman–Crippen LogP) is 10.0. The summed E-state index contributed by atoms with van der Waals surface area (Å²) in [6.45, 7) is 0. The first-order valence-corrected chi connectivity index (χ1v) is 15.4. The second kappa shape index (κ2) is 11.1. The molecule has 9 rings (SSSR count). The van der Waals surface area contributed by atoms with E-state index in [1.807, 2.05) is 72.9 Å². The number of hydrogen-bond donors (Lipinski definition) is 0. The molecule has 0 atom stereocenters. The van der Waals surface area contributed by atoms with Crippen molar-refractivity contribution in [2.24, 2.45) is 0 Å². The summed E-state index contributed by atoms with van der Waals surface area (Å²) >= 11 is 0. The van der Waals surface area contributed by atoms with Crippen molar-refractivity contribution in [3.63, 3.8) is 0 Å². The third kappa shape index (κ3) is 4.89. The van der Waals surface area contributed by atoms with Crippen LogP contribution in [0.3, 0.4) is 0 Å². The molecule has 0 unspecified atom stereocenters. The number of pyridine rings is 3. The Balaban J connectivity index is 1.20. The topological polar surface area (TPSA) is 77.6 Å². The van der Waals surface area contributed by atoms with Crippen molar-refractivity contribution in [1.82, 2.24) is 24.9 Å². The minimum absolute atomic E-state index is 0.526. The monoisotopic (exact) mass is 603 g/mol. The smallest absolute Gasteiger partial charge is 0.229 e. The molecule has 9 aromatic rings. The molecule has 5 heterocycles. The summed E-state index contributed by atoms with van der Waals surface area (Å²) < 4.78 is 6.41. The maximum Gasteiger partial charge on any atom is 0.229 e. The molecular formula is C41H25N5O. The Labute approximate surface area is 270 Å². The van der Waals surface area contributed by atoms with Gasteiger partial charge in [-0.15, -0.1) is 0 Å². The lowest BCUT2D eigenvalue weighted by Gasteiger charge is -2.09. The molecule has 6 heteroatoms. The van der Waals surface area contributed by atoms with Crippen LogP contribution in [0, 0.1) is 0 Å². The fraction of sp³-hybridized carbons (Fsp3) is 0. The van der Waals surface area contributed by atoms with Crippen LogP contribution in [0.2, 0.25) is 0 Å². The van der Waals surface area contributed by atoms with E-state index in [1.54, 1.807) is 6.20 Å². The molecule has 0 aliphatic carbocycles. The maximum absolute atomic E-state index is 6.41. The standard InChI is InChI=1S/C41H25N5O/c1-2-9-26(10-3-1)32-24-33-38-39(47-41(33)43-25-32)37(45-40(46-38)31-21-16-27-11-4-5-12-30(27)23-31)29-19-17-28(18-20-29)34-14-8-15-36(44-34)35-13-6-7-22-42-35/h1-25H. The zero-order valence-electron chi connectivity index (χ0n) is 25.1. The van der Waals surface area contributed by atoms with E-state index < -0.39 is 0 Å². The molecule has 0 amide bonds. The molecule has 0 saturated carbocycles. The minimum Gasteiger partial charge on any atom is -0.434 e. The van der Waals surface area contributed by atoms with E-state index >= 15 is 0 Å². The zero-order valence-corrected chi connectivity index (χ0v) is 25.1. The largest absolute Gasteiger partial charge is 0.434 e. The Morgan fingerprint density at radius 1 is 0.447 bits per heavy atom. The number of aromatic nitrogens is 5. The molecule has 4 aromatic carbocycles. The number of furan rings is 1. The molecule has 0 radical (unpaired) electrons. The van der Waals surface area contributed by atoms with Crippen LogP contribution in [0.4, 0.5) is 0 Å². The summed E-state index contributed by atoms with van der Waals surface area (Å²) in [6, 6.07) is 47.1. The Kier molecular flexibility index (Phi) is 6.35. The third-order valence-electron chi connectivity index (χ3n) is 8.42. The highest BCUT2D eigenvalue weighted by atomic mass is 16.3. The minimum atomic E-state index is 0.526. The van der Waals surface area contributed by atoms with Gasteiger partial charge < -0.3 is 4.42 Å². The van der Waals surface area contributed by atoms with Crippen molar-refractivity contribution in [2.75, 3.05) is 0 Å². The molecule has 0 aliphatic rings. The highest BCUT2D eigenvalue weighted by molar-refractivity contribution is 6.07. The molecule has 0 spiro atoms. The number of hydrogen-bond acceptors (Lipinski definition) is 6. The van der Waals surface area contributed by atoms with Gasteiger partial charge in [0.2, 0.25) is 5.71 Å². The van der Waals surface area contributed by atoms with Gasteiger partial charge in [-0.2, -0.15) is 0 Å². The lowest BCUT2D eigenvalue weighted by Crippen LogP contribution is -1.94. The van der Waals surface area contributed by atoms with Crippen LogP contribution in [0.1, 0.15) is 0 Å². The highest BCUT2D eigenvalue weighted by Crippen LogP contribution is 2.37. The van der Waals surface area contributed by atoms with Gasteiger partial charge in [-0.1, -0.05) is 103 Å². The molecule has 0 fully saturated rings. The average molecular weight is 604 g/mol. The second-order valence-electron chi connectivity index (χ2n) is 11.4. The normalized spacial score (nSPS) is 11.4. The highest BCUT2D eigenvalue weighted by Gasteiger charge is 2.20. The van der Waals surface area contributed by atoms with Gasteiger partial charge in [0.05, 0.1) is 22.5 Å². The van der Waals surface area contributed by atoms with Crippen molar-refractivity contribution in [2.45, 2.75) is 0 Å². The molecule has 0 N–H and O–H groups in total. The Hall–Kier alpha value is -6.53. The average Bonchev–Trinajstić information content (AvgIpc) is 3.53. The molecule has 47 heavy (non-hydrogen) atoms. The molecule has 5 aromatic heterocycles. The quantitative estimate of drug-likeness (QED) is 0.195. The molecule has 6 nitrogen and oxygen atoms in total. The fourth-order valence-corrected chi connectivity index (χ4v) is 6.02. The van der Waals surface area contributed by atoms with Crippen LogP contribution >= 0.6 is 0 Å². The summed E-state index contributed by atoms with van der Waals surface area (Å²) in [5.41, 5.74) is 10.0. The predicted molar refractivity (Wildman–Crippen MR) is 187 cm³/mol. The van der Waals surface area contributed by atoms with Crippen molar-refractivity contribution < 1.29 is 4.42 Å². The lowest BCUT2D eigenvalue weighted by atomic mass is 10.0. The van der Waals surface area contributed by atoms with Crippen LogP contribution in [0.15, 0.2) is 156 Å². The number of benzene rings is 4. The van der Waals surface area contributed by atoms with E-state index in [9.17, 15) is 0 Å². The van der Waals surface area contributed by atoms with Gasteiger partial charge in [0.15, 0.2) is 11.4 Å². The van der Waals surface area contributed by atoms with E-state index in [0.717, 1.165) is 61.2 Å². The van der Waals surface area contributed by atoms with Gasteiger partial charge in [-0.05, 0) is 52.7 Å². The van der Waals surface area contributed by atoms with Crippen LogP contribution in [-0.2, 0) is 0 Å². The van der Waals surface area contributed by atoms with Gasteiger partial charge in [-0.25, -0.2) is 19.9 Å². The van der Waals surface area contributed by atoms with Gasteiger partial charge in [-0.3, -0.25) is 4.98 Å². The Morgan fingerprint density at radius 3 is 2.04 bits per heavy atom. The maximum atomic E-state index is 6.41. The first-order chi connectivity index (χ1) is 23.3. The second-order valence-corrected chi connectivity index (χ2v) is 11.4. The van der Waals surface area contributed by atoms with Gasteiger partial charge in [0.1, 0.15) is 11.2 Å². The van der Waals surface area contributed by atoms with Crippen molar-refractivity contribution in [1.29, 1.82) is 0 Å². The van der Waals surface area contributed by atoms with E-state index in [-0.39, 0.29) is 0 Å². The molecular weight excluding hydrogens is 578 g/mol. The lowest BCUT2D eigenvalue weighted by molar-refractivity contribution is 0.653. The first kappa shape index (κ1) is 26.8. The summed E-state index contributed by atoms with van der Waals surface area (Å²) in [5.74, 6) is 0.625. The van der Waals surface area contributed by atoms with Gasteiger partial charge in [0, 0.05) is 34.6 Å². The number of nitrogens with zero attached hydrogens (tertiary/aromatic N) is 5. The molecule has 220 valence electrons. The van der Waals surface area contributed by atoms with Crippen molar-refractivity contribution in [3.8, 4) is 56.4 Å². The van der Waals surface area contributed by atoms with Gasteiger partial charge in [0.25, 0.3) is 0 Å². The molecule has 0 saturated heterocycles.